The number of benzene rings is 1. The summed E-state index contributed by atoms with van der Waals surface area (Å²) in [7, 11) is 3.03. The molecule has 0 saturated heterocycles. The average molecular weight is 288 g/mol. The third-order valence-corrected chi connectivity index (χ3v) is 3.17. The number of amides is 1. The van der Waals surface area contributed by atoms with Crippen molar-refractivity contribution >= 4 is 11.6 Å². The van der Waals surface area contributed by atoms with Crippen LogP contribution in [0.4, 0.5) is 5.69 Å². The van der Waals surface area contributed by atoms with E-state index in [1.807, 2.05) is 0 Å². The van der Waals surface area contributed by atoms with Gasteiger partial charge in [-0.2, -0.15) is 0 Å². The van der Waals surface area contributed by atoms with E-state index in [-0.39, 0.29) is 17.8 Å². The van der Waals surface area contributed by atoms with Crippen LogP contribution in [0.15, 0.2) is 40.1 Å². The van der Waals surface area contributed by atoms with Crippen LogP contribution < -0.4 is 22.3 Å². The Balaban J connectivity index is 2.19. The molecule has 7 nitrogen and oxygen atoms in total. The van der Waals surface area contributed by atoms with Crippen LogP contribution >= 0.6 is 0 Å². The third kappa shape index (κ3) is 3.02. The zero-order chi connectivity index (χ0) is 15.6. The highest BCUT2D eigenvalue weighted by atomic mass is 16.2. The second kappa shape index (κ2) is 5.66. The highest BCUT2D eigenvalue weighted by Crippen LogP contribution is 2.09. The van der Waals surface area contributed by atoms with Gasteiger partial charge in [0.05, 0.1) is 5.56 Å². The number of hydrogen-bond acceptors (Lipinski definition) is 4. The molecule has 1 aromatic carbocycles. The van der Waals surface area contributed by atoms with Gasteiger partial charge in [-0.05, 0) is 24.3 Å². The Labute approximate surface area is 120 Å². The topological polar surface area (TPSA) is 99.1 Å². The van der Waals surface area contributed by atoms with Crippen molar-refractivity contribution in [2.24, 2.45) is 19.8 Å². The number of nitrogens with two attached hydrogens (primary N) is 1. The summed E-state index contributed by atoms with van der Waals surface area (Å²) in [6, 6.07) is 6.60. The summed E-state index contributed by atoms with van der Waals surface area (Å²) in [6.07, 6.45) is 1.51. The van der Waals surface area contributed by atoms with E-state index in [4.69, 9.17) is 5.73 Å². The smallest absolute Gasteiger partial charge is 0.330 e. The molecular formula is C14H16N4O3. The van der Waals surface area contributed by atoms with Gasteiger partial charge in [-0.3, -0.25) is 14.2 Å². The van der Waals surface area contributed by atoms with Crippen molar-refractivity contribution in [2.75, 3.05) is 5.32 Å². The second-order valence-electron chi connectivity index (χ2n) is 4.71. The zero-order valence-electron chi connectivity index (χ0n) is 11.8. The lowest BCUT2D eigenvalue weighted by Crippen LogP contribution is -2.38. The molecule has 21 heavy (non-hydrogen) atoms. The fourth-order valence-corrected chi connectivity index (χ4v) is 1.95. The number of hydrogen-bond donors (Lipinski definition) is 2. The molecule has 1 heterocycles. The normalized spacial score (nSPS) is 10.4. The summed E-state index contributed by atoms with van der Waals surface area (Å²) in [6.45, 7) is 0.275. The summed E-state index contributed by atoms with van der Waals surface area (Å²) in [4.78, 5) is 34.5. The largest absolute Gasteiger partial charge is 0.381 e. The molecule has 2 rings (SSSR count). The lowest BCUT2D eigenvalue weighted by molar-refractivity contribution is 0.100. The standard InChI is InChI=1S/C14H16N4O3/c1-17-8-10(13(20)18(2)14(17)21)7-16-11-5-3-9(4-6-11)12(15)19/h3-6,8,16H,7H2,1-2H3,(H2,15,19). The molecular weight excluding hydrogens is 272 g/mol. The SMILES string of the molecule is Cn1cc(CNc2ccc(C(N)=O)cc2)c(=O)n(C)c1=O. The first kappa shape index (κ1) is 14.6. The Morgan fingerprint density at radius 3 is 2.38 bits per heavy atom. The summed E-state index contributed by atoms with van der Waals surface area (Å²) in [5.41, 5.74) is 6.09. The second-order valence-corrected chi connectivity index (χ2v) is 4.71. The van der Waals surface area contributed by atoms with Crippen molar-refractivity contribution in [1.82, 2.24) is 9.13 Å². The molecule has 0 radical (unpaired) electrons. The molecule has 0 aliphatic carbocycles. The molecule has 110 valence electrons. The number of carbonyl (C=O) groups is 1. The highest BCUT2D eigenvalue weighted by Gasteiger charge is 2.06. The first-order valence-electron chi connectivity index (χ1n) is 6.29. The van der Waals surface area contributed by atoms with Crippen LogP contribution in [0.2, 0.25) is 0 Å². The Kier molecular flexibility index (Phi) is 3.93. The van der Waals surface area contributed by atoms with Gasteiger partial charge in [0.2, 0.25) is 5.91 Å². The zero-order valence-corrected chi connectivity index (χ0v) is 11.8. The number of carbonyl (C=O) groups excluding carboxylic acids is 1. The monoisotopic (exact) mass is 288 g/mol. The molecule has 7 heteroatoms. The fourth-order valence-electron chi connectivity index (χ4n) is 1.95. The quantitative estimate of drug-likeness (QED) is 0.813. The van der Waals surface area contributed by atoms with Gasteiger partial charge in [-0.15, -0.1) is 0 Å². The van der Waals surface area contributed by atoms with Crippen molar-refractivity contribution in [3.8, 4) is 0 Å². The van der Waals surface area contributed by atoms with E-state index in [1.54, 1.807) is 31.3 Å². The number of aryl methyl sites for hydroxylation is 1. The molecule has 0 spiro atoms. The van der Waals surface area contributed by atoms with Gasteiger partial charge in [0.15, 0.2) is 0 Å². The summed E-state index contributed by atoms with van der Waals surface area (Å²) in [5, 5.41) is 3.06. The first-order chi connectivity index (χ1) is 9.90. The maximum Gasteiger partial charge on any atom is 0.330 e. The lowest BCUT2D eigenvalue weighted by Gasteiger charge is -2.09. The third-order valence-electron chi connectivity index (χ3n) is 3.17. The average Bonchev–Trinajstić information content (AvgIpc) is 2.48. The number of rotatable bonds is 4. The van der Waals surface area contributed by atoms with Crippen LogP contribution in [-0.2, 0) is 20.6 Å². The van der Waals surface area contributed by atoms with Gasteiger partial charge >= 0.3 is 5.69 Å². The predicted octanol–water partition coefficient (Wildman–Crippen LogP) is -0.205. The van der Waals surface area contributed by atoms with Crippen molar-refractivity contribution in [1.29, 1.82) is 0 Å². The minimum absolute atomic E-state index is 0.275. The maximum absolute atomic E-state index is 12.0. The molecule has 0 aliphatic heterocycles. The highest BCUT2D eigenvalue weighted by molar-refractivity contribution is 5.93. The van der Waals surface area contributed by atoms with Crippen LogP contribution in [-0.4, -0.2) is 15.0 Å². The van der Waals surface area contributed by atoms with Crippen molar-refractivity contribution in [2.45, 2.75) is 6.54 Å². The van der Waals surface area contributed by atoms with E-state index in [0.717, 1.165) is 10.3 Å². The molecule has 2 aromatic rings. The Morgan fingerprint density at radius 2 is 1.81 bits per heavy atom. The number of nitrogens with one attached hydrogen (secondary N) is 1. The summed E-state index contributed by atoms with van der Waals surface area (Å²) < 4.78 is 2.42. The van der Waals surface area contributed by atoms with Gasteiger partial charge in [0.1, 0.15) is 0 Å². The van der Waals surface area contributed by atoms with Gasteiger partial charge < -0.3 is 15.6 Å². The Bertz CT molecular complexity index is 787. The van der Waals surface area contributed by atoms with Crippen molar-refractivity contribution < 1.29 is 4.79 Å². The van der Waals surface area contributed by atoms with Crippen molar-refractivity contribution in [3.63, 3.8) is 0 Å². The predicted molar refractivity (Wildman–Crippen MR) is 79.2 cm³/mol. The Morgan fingerprint density at radius 1 is 1.19 bits per heavy atom. The molecule has 0 aliphatic rings. The molecule has 0 unspecified atom stereocenters. The molecule has 0 bridgehead atoms. The number of aromatic nitrogens is 2. The van der Waals surface area contributed by atoms with Crippen LogP contribution in [0, 0.1) is 0 Å². The maximum atomic E-state index is 12.0. The van der Waals surface area contributed by atoms with E-state index < -0.39 is 5.91 Å². The molecule has 1 amide bonds. The lowest BCUT2D eigenvalue weighted by atomic mass is 10.2. The summed E-state index contributed by atoms with van der Waals surface area (Å²) in [5.74, 6) is -0.492. The van der Waals surface area contributed by atoms with E-state index in [0.29, 0.717) is 11.1 Å². The van der Waals surface area contributed by atoms with Gasteiger partial charge in [0, 0.05) is 38.1 Å². The molecule has 3 N–H and O–H groups in total. The van der Waals surface area contributed by atoms with E-state index in [1.165, 1.54) is 17.8 Å². The molecule has 0 fully saturated rings. The number of anilines is 1. The van der Waals surface area contributed by atoms with Crippen LogP contribution in [0.1, 0.15) is 15.9 Å². The van der Waals surface area contributed by atoms with Crippen LogP contribution in [0.5, 0.6) is 0 Å². The number of primary amides is 1. The first-order valence-corrected chi connectivity index (χ1v) is 6.29. The molecule has 0 atom stereocenters. The molecule has 0 saturated carbocycles. The van der Waals surface area contributed by atoms with Gasteiger partial charge in [0.25, 0.3) is 5.56 Å². The molecule has 1 aromatic heterocycles. The van der Waals surface area contributed by atoms with E-state index in [2.05, 4.69) is 5.32 Å². The van der Waals surface area contributed by atoms with E-state index >= 15 is 0 Å². The van der Waals surface area contributed by atoms with Crippen molar-refractivity contribution in [3.05, 3.63) is 62.4 Å². The van der Waals surface area contributed by atoms with Gasteiger partial charge in [-0.1, -0.05) is 0 Å². The Hall–Kier alpha value is -2.83. The van der Waals surface area contributed by atoms with E-state index in [9.17, 15) is 14.4 Å². The minimum Gasteiger partial charge on any atom is -0.381 e. The van der Waals surface area contributed by atoms with Crippen LogP contribution in [0.25, 0.3) is 0 Å². The number of nitrogens with zero attached hydrogens (tertiary/aromatic N) is 2. The minimum atomic E-state index is -0.492. The summed E-state index contributed by atoms with van der Waals surface area (Å²) >= 11 is 0. The van der Waals surface area contributed by atoms with Gasteiger partial charge in [-0.25, -0.2) is 4.79 Å². The fraction of sp³-hybridized carbons (Fsp3) is 0.214. The van der Waals surface area contributed by atoms with Crippen LogP contribution in [0.3, 0.4) is 0 Å².